The number of nitrogens with one attached hydrogen (secondary N) is 1. The van der Waals surface area contributed by atoms with Gasteiger partial charge in [0.25, 0.3) is 0 Å². The van der Waals surface area contributed by atoms with E-state index in [9.17, 15) is 0 Å². The maximum Gasteiger partial charge on any atom is 0.0553 e. The van der Waals surface area contributed by atoms with E-state index >= 15 is 0 Å². The van der Waals surface area contributed by atoms with E-state index < -0.39 is 0 Å². The van der Waals surface area contributed by atoms with Gasteiger partial charge in [-0.05, 0) is 31.7 Å². The van der Waals surface area contributed by atoms with Crippen molar-refractivity contribution in [3.05, 3.63) is 0 Å². The van der Waals surface area contributed by atoms with Gasteiger partial charge in [-0.1, -0.05) is 26.7 Å². The first kappa shape index (κ1) is 15.3. The Morgan fingerprint density at radius 1 is 1.29 bits per heavy atom. The van der Waals surface area contributed by atoms with Crippen LogP contribution >= 0.6 is 11.8 Å². The van der Waals surface area contributed by atoms with Crippen LogP contribution in [0.3, 0.4) is 0 Å². The summed E-state index contributed by atoms with van der Waals surface area (Å²) in [6, 6.07) is 0.731. The highest BCUT2D eigenvalue weighted by Crippen LogP contribution is 2.34. The van der Waals surface area contributed by atoms with Crippen molar-refractivity contribution in [1.82, 2.24) is 5.32 Å². The molecule has 0 heterocycles. The van der Waals surface area contributed by atoms with Gasteiger partial charge in [0.05, 0.1) is 6.61 Å². The summed E-state index contributed by atoms with van der Waals surface area (Å²) in [7, 11) is 1.79. The average molecular weight is 259 g/mol. The van der Waals surface area contributed by atoms with E-state index in [1.54, 1.807) is 7.11 Å². The maximum absolute atomic E-state index is 5.16. The maximum atomic E-state index is 5.16. The molecule has 1 N–H and O–H groups in total. The molecule has 17 heavy (non-hydrogen) atoms. The SMILES string of the molecule is CCCC1CCC(NCC)C(SCCOC)C1. The smallest absolute Gasteiger partial charge is 0.0553 e. The molecule has 0 spiro atoms. The first-order valence-electron chi connectivity index (χ1n) is 7.15. The largest absolute Gasteiger partial charge is 0.384 e. The third-order valence-electron chi connectivity index (χ3n) is 3.68. The van der Waals surface area contributed by atoms with Crippen molar-refractivity contribution in [3.8, 4) is 0 Å². The molecule has 0 amide bonds. The Balaban J connectivity index is 2.38. The van der Waals surface area contributed by atoms with Gasteiger partial charge >= 0.3 is 0 Å². The van der Waals surface area contributed by atoms with E-state index in [1.165, 1.54) is 32.1 Å². The summed E-state index contributed by atoms with van der Waals surface area (Å²) in [5, 5.41) is 4.46. The van der Waals surface area contributed by atoms with Crippen LogP contribution in [-0.2, 0) is 4.74 Å². The zero-order chi connectivity index (χ0) is 12.5. The minimum atomic E-state index is 0.731. The quantitative estimate of drug-likeness (QED) is 0.676. The van der Waals surface area contributed by atoms with Crippen LogP contribution in [-0.4, -0.2) is 37.3 Å². The third-order valence-corrected chi connectivity index (χ3v) is 5.03. The van der Waals surface area contributed by atoms with Crippen LogP contribution in [0.5, 0.6) is 0 Å². The van der Waals surface area contributed by atoms with Gasteiger partial charge in [-0.25, -0.2) is 0 Å². The molecule has 3 heteroatoms. The van der Waals surface area contributed by atoms with E-state index in [1.807, 2.05) is 0 Å². The minimum Gasteiger partial charge on any atom is -0.384 e. The molecule has 0 bridgehead atoms. The molecule has 2 nitrogen and oxygen atoms in total. The highest BCUT2D eigenvalue weighted by atomic mass is 32.2. The summed E-state index contributed by atoms with van der Waals surface area (Å²) < 4.78 is 5.16. The fourth-order valence-corrected chi connectivity index (χ4v) is 4.28. The second-order valence-electron chi connectivity index (χ2n) is 5.03. The molecule has 1 fully saturated rings. The molecule has 102 valence electrons. The first-order valence-corrected chi connectivity index (χ1v) is 8.20. The Labute approximate surface area is 111 Å². The molecule has 0 aliphatic heterocycles. The van der Waals surface area contributed by atoms with Crippen LogP contribution in [0.25, 0.3) is 0 Å². The van der Waals surface area contributed by atoms with Gasteiger partial charge in [0, 0.05) is 24.2 Å². The van der Waals surface area contributed by atoms with E-state index in [4.69, 9.17) is 4.74 Å². The highest BCUT2D eigenvalue weighted by molar-refractivity contribution is 8.00. The monoisotopic (exact) mass is 259 g/mol. The van der Waals surface area contributed by atoms with Crippen molar-refractivity contribution in [1.29, 1.82) is 0 Å². The minimum absolute atomic E-state index is 0.731. The summed E-state index contributed by atoms with van der Waals surface area (Å²) in [6.07, 6.45) is 6.95. The fraction of sp³-hybridized carbons (Fsp3) is 1.00. The summed E-state index contributed by atoms with van der Waals surface area (Å²) >= 11 is 2.11. The summed E-state index contributed by atoms with van der Waals surface area (Å²) in [5.41, 5.74) is 0. The molecular formula is C14H29NOS. The van der Waals surface area contributed by atoms with Crippen LogP contribution in [0.1, 0.15) is 46.0 Å². The number of hydrogen-bond acceptors (Lipinski definition) is 3. The number of thioether (sulfide) groups is 1. The van der Waals surface area contributed by atoms with Crippen LogP contribution in [0, 0.1) is 5.92 Å². The lowest BCUT2D eigenvalue weighted by molar-refractivity contribution is 0.218. The second kappa shape index (κ2) is 9.23. The molecule has 3 unspecified atom stereocenters. The number of hydrogen-bond donors (Lipinski definition) is 1. The molecule has 3 atom stereocenters. The molecule has 0 aromatic rings. The van der Waals surface area contributed by atoms with Crippen LogP contribution in [0.15, 0.2) is 0 Å². The van der Waals surface area contributed by atoms with Crippen molar-refractivity contribution in [2.24, 2.45) is 5.92 Å². The van der Waals surface area contributed by atoms with E-state index in [0.717, 1.165) is 36.1 Å². The Hall–Kier alpha value is 0.270. The zero-order valence-electron chi connectivity index (χ0n) is 11.7. The van der Waals surface area contributed by atoms with Gasteiger partial charge in [0.2, 0.25) is 0 Å². The van der Waals surface area contributed by atoms with Crippen LogP contribution < -0.4 is 5.32 Å². The van der Waals surface area contributed by atoms with Gasteiger partial charge in [-0.15, -0.1) is 0 Å². The van der Waals surface area contributed by atoms with Gasteiger partial charge < -0.3 is 10.1 Å². The molecule has 0 saturated heterocycles. The molecule has 0 aromatic carbocycles. The molecule has 1 aliphatic carbocycles. The van der Waals surface area contributed by atoms with Gasteiger partial charge in [-0.2, -0.15) is 11.8 Å². The molecule has 0 aromatic heterocycles. The average Bonchev–Trinajstić information content (AvgIpc) is 2.33. The molecule has 1 aliphatic rings. The molecule has 0 radical (unpaired) electrons. The number of methoxy groups -OCH3 is 1. The van der Waals surface area contributed by atoms with Crippen LogP contribution in [0.2, 0.25) is 0 Å². The predicted octanol–water partition coefficient (Wildman–Crippen LogP) is 3.31. The van der Waals surface area contributed by atoms with E-state index in [2.05, 4.69) is 30.9 Å². The molecular weight excluding hydrogens is 230 g/mol. The van der Waals surface area contributed by atoms with Crippen molar-refractivity contribution in [2.75, 3.05) is 26.0 Å². The van der Waals surface area contributed by atoms with E-state index in [-0.39, 0.29) is 0 Å². The van der Waals surface area contributed by atoms with E-state index in [0.29, 0.717) is 0 Å². The number of ether oxygens (including phenoxy) is 1. The topological polar surface area (TPSA) is 21.3 Å². The summed E-state index contributed by atoms with van der Waals surface area (Å²) in [6.45, 7) is 6.52. The van der Waals surface area contributed by atoms with Gasteiger partial charge in [0.15, 0.2) is 0 Å². The standard InChI is InChI=1S/C14H29NOS/c1-4-6-12-7-8-13(15-5-2)14(11-12)17-10-9-16-3/h12-15H,4-11H2,1-3H3. The Kier molecular flexibility index (Phi) is 8.33. The van der Waals surface area contributed by atoms with Crippen LogP contribution in [0.4, 0.5) is 0 Å². The van der Waals surface area contributed by atoms with Crippen molar-refractivity contribution in [2.45, 2.75) is 57.2 Å². The zero-order valence-corrected chi connectivity index (χ0v) is 12.5. The fourth-order valence-electron chi connectivity index (χ4n) is 2.84. The Bertz CT molecular complexity index is 189. The third kappa shape index (κ3) is 5.62. The lowest BCUT2D eigenvalue weighted by atomic mass is 9.83. The lowest BCUT2D eigenvalue weighted by Crippen LogP contribution is -2.42. The Morgan fingerprint density at radius 2 is 2.12 bits per heavy atom. The number of rotatable bonds is 8. The molecule has 1 saturated carbocycles. The predicted molar refractivity (Wildman–Crippen MR) is 77.8 cm³/mol. The Morgan fingerprint density at radius 3 is 2.76 bits per heavy atom. The van der Waals surface area contributed by atoms with Crippen molar-refractivity contribution < 1.29 is 4.74 Å². The first-order chi connectivity index (χ1) is 8.31. The second-order valence-corrected chi connectivity index (χ2v) is 6.38. The van der Waals surface area contributed by atoms with Crippen molar-refractivity contribution >= 4 is 11.8 Å². The van der Waals surface area contributed by atoms with Crippen molar-refractivity contribution in [3.63, 3.8) is 0 Å². The van der Waals surface area contributed by atoms with Gasteiger partial charge in [0.1, 0.15) is 0 Å². The molecule has 1 rings (SSSR count). The van der Waals surface area contributed by atoms with Gasteiger partial charge in [-0.3, -0.25) is 0 Å². The lowest BCUT2D eigenvalue weighted by Gasteiger charge is -2.36. The highest BCUT2D eigenvalue weighted by Gasteiger charge is 2.29. The summed E-state index contributed by atoms with van der Waals surface area (Å²) in [4.78, 5) is 0. The normalized spacial score (nSPS) is 29.5. The summed E-state index contributed by atoms with van der Waals surface area (Å²) in [5.74, 6) is 2.11.